The number of carbonyl (C=O) groups excluding carboxylic acids is 2. The van der Waals surface area contributed by atoms with Crippen LogP contribution in [-0.2, 0) is 9.53 Å². The summed E-state index contributed by atoms with van der Waals surface area (Å²) in [5.41, 5.74) is 2.15. The molecule has 3 aromatic rings. The summed E-state index contributed by atoms with van der Waals surface area (Å²) in [6, 6.07) is 23.7. The summed E-state index contributed by atoms with van der Waals surface area (Å²) in [6.45, 7) is 5.77. The van der Waals surface area contributed by atoms with Crippen molar-refractivity contribution in [2.45, 2.75) is 39.2 Å². The highest BCUT2D eigenvalue weighted by Gasteiger charge is 2.20. The SMILES string of the molecule is CC[C@@H](C)c1ccccc1NC(=O)[C@H](C)OC(=O)c1ccc(Oc2ccccc2)cc1. The van der Waals surface area contributed by atoms with Gasteiger partial charge in [0.1, 0.15) is 11.5 Å². The van der Waals surface area contributed by atoms with Crippen molar-refractivity contribution in [3.05, 3.63) is 90.0 Å². The van der Waals surface area contributed by atoms with Crippen molar-refractivity contribution >= 4 is 17.6 Å². The fourth-order valence-corrected chi connectivity index (χ4v) is 3.06. The summed E-state index contributed by atoms with van der Waals surface area (Å²) in [5, 5.41) is 2.88. The van der Waals surface area contributed by atoms with Gasteiger partial charge in [-0.1, -0.05) is 50.2 Å². The average Bonchev–Trinajstić information content (AvgIpc) is 2.80. The van der Waals surface area contributed by atoms with Gasteiger partial charge in [-0.3, -0.25) is 4.79 Å². The Bertz CT molecular complexity index is 1020. The number of amides is 1. The van der Waals surface area contributed by atoms with Gasteiger partial charge in [0, 0.05) is 5.69 Å². The molecule has 0 aliphatic carbocycles. The number of esters is 1. The number of benzene rings is 3. The van der Waals surface area contributed by atoms with Crippen molar-refractivity contribution in [3.8, 4) is 11.5 Å². The predicted molar refractivity (Wildman–Crippen MR) is 122 cm³/mol. The molecule has 0 radical (unpaired) electrons. The van der Waals surface area contributed by atoms with Crippen LogP contribution in [0.25, 0.3) is 0 Å². The smallest absolute Gasteiger partial charge is 0.338 e. The third-order valence-electron chi connectivity index (χ3n) is 5.08. The van der Waals surface area contributed by atoms with Gasteiger partial charge in [0.25, 0.3) is 5.91 Å². The van der Waals surface area contributed by atoms with Crippen molar-refractivity contribution in [2.24, 2.45) is 0 Å². The van der Waals surface area contributed by atoms with E-state index in [1.165, 1.54) is 0 Å². The number of anilines is 1. The highest BCUT2D eigenvalue weighted by Crippen LogP contribution is 2.27. The lowest BCUT2D eigenvalue weighted by molar-refractivity contribution is -0.123. The van der Waals surface area contributed by atoms with Crippen LogP contribution in [0.4, 0.5) is 5.69 Å². The summed E-state index contributed by atoms with van der Waals surface area (Å²) in [5.74, 6) is 0.694. The lowest BCUT2D eigenvalue weighted by Gasteiger charge is -2.18. The minimum absolute atomic E-state index is 0.311. The second-order valence-corrected chi connectivity index (χ2v) is 7.37. The molecule has 0 fully saturated rings. The lowest BCUT2D eigenvalue weighted by atomic mass is 9.97. The Labute approximate surface area is 183 Å². The van der Waals surface area contributed by atoms with Gasteiger partial charge in [0.2, 0.25) is 0 Å². The molecule has 160 valence electrons. The van der Waals surface area contributed by atoms with Gasteiger partial charge >= 0.3 is 5.97 Å². The minimum Gasteiger partial charge on any atom is -0.457 e. The molecule has 3 rings (SSSR count). The molecule has 1 amide bonds. The molecule has 0 aliphatic rings. The molecule has 0 bridgehead atoms. The van der Waals surface area contributed by atoms with Gasteiger partial charge in [-0.25, -0.2) is 4.79 Å². The molecule has 0 heterocycles. The molecule has 0 aliphatic heterocycles. The van der Waals surface area contributed by atoms with Crippen LogP contribution in [-0.4, -0.2) is 18.0 Å². The summed E-state index contributed by atoms with van der Waals surface area (Å²) >= 11 is 0. The number of ether oxygens (including phenoxy) is 2. The maximum atomic E-state index is 12.6. The number of hydrogen-bond donors (Lipinski definition) is 1. The van der Waals surface area contributed by atoms with Gasteiger partial charge in [-0.2, -0.15) is 0 Å². The van der Waals surface area contributed by atoms with Crippen molar-refractivity contribution in [3.63, 3.8) is 0 Å². The molecule has 2 atom stereocenters. The Morgan fingerprint density at radius 2 is 1.45 bits per heavy atom. The molecule has 5 heteroatoms. The first-order valence-electron chi connectivity index (χ1n) is 10.4. The topological polar surface area (TPSA) is 64.6 Å². The van der Waals surface area contributed by atoms with E-state index in [2.05, 4.69) is 19.2 Å². The molecule has 5 nitrogen and oxygen atoms in total. The maximum Gasteiger partial charge on any atom is 0.338 e. The summed E-state index contributed by atoms with van der Waals surface area (Å²) in [7, 11) is 0. The Morgan fingerprint density at radius 1 is 0.839 bits per heavy atom. The molecule has 0 saturated carbocycles. The van der Waals surface area contributed by atoms with Gasteiger partial charge in [0.05, 0.1) is 5.56 Å². The Morgan fingerprint density at radius 3 is 2.13 bits per heavy atom. The minimum atomic E-state index is -0.933. The van der Waals surface area contributed by atoms with Crippen molar-refractivity contribution in [1.82, 2.24) is 0 Å². The number of hydrogen-bond acceptors (Lipinski definition) is 4. The van der Waals surface area contributed by atoms with Crippen molar-refractivity contribution in [1.29, 1.82) is 0 Å². The normalized spacial score (nSPS) is 12.5. The van der Waals surface area contributed by atoms with Gasteiger partial charge < -0.3 is 14.8 Å². The molecular weight excluding hydrogens is 390 g/mol. The van der Waals surface area contributed by atoms with E-state index >= 15 is 0 Å². The Balaban J connectivity index is 1.59. The first-order chi connectivity index (χ1) is 15.0. The average molecular weight is 418 g/mol. The van der Waals surface area contributed by atoms with E-state index in [0.717, 1.165) is 17.7 Å². The Kier molecular flexibility index (Phi) is 7.44. The largest absolute Gasteiger partial charge is 0.457 e. The zero-order valence-corrected chi connectivity index (χ0v) is 18.0. The van der Waals surface area contributed by atoms with Crippen LogP contribution in [0.5, 0.6) is 11.5 Å². The van der Waals surface area contributed by atoms with Crippen LogP contribution in [0.2, 0.25) is 0 Å². The molecular formula is C26H27NO4. The molecule has 1 N–H and O–H groups in total. The van der Waals surface area contributed by atoms with Crippen LogP contribution in [0, 0.1) is 0 Å². The quantitative estimate of drug-likeness (QED) is 0.445. The van der Waals surface area contributed by atoms with Gasteiger partial charge in [0.15, 0.2) is 6.10 Å². The third kappa shape index (κ3) is 5.95. The van der Waals surface area contributed by atoms with E-state index in [4.69, 9.17) is 9.47 Å². The van der Waals surface area contributed by atoms with Crippen LogP contribution in [0.3, 0.4) is 0 Å². The first-order valence-corrected chi connectivity index (χ1v) is 10.4. The number of nitrogens with one attached hydrogen (secondary N) is 1. The van der Waals surface area contributed by atoms with E-state index in [0.29, 0.717) is 23.0 Å². The summed E-state index contributed by atoms with van der Waals surface area (Å²) < 4.78 is 11.1. The highest BCUT2D eigenvalue weighted by molar-refractivity contribution is 5.97. The van der Waals surface area contributed by atoms with Crippen molar-refractivity contribution in [2.75, 3.05) is 5.32 Å². The lowest BCUT2D eigenvalue weighted by Crippen LogP contribution is -2.30. The fraction of sp³-hybridized carbons (Fsp3) is 0.231. The zero-order valence-electron chi connectivity index (χ0n) is 18.0. The fourth-order valence-electron chi connectivity index (χ4n) is 3.06. The van der Waals surface area contributed by atoms with Crippen LogP contribution >= 0.6 is 0 Å². The Hall–Kier alpha value is -3.60. The maximum absolute atomic E-state index is 12.6. The van der Waals surface area contributed by atoms with Crippen LogP contribution in [0.15, 0.2) is 78.9 Å². The molecule has 31 heavy (non-hydrogen) atoms. The zero-order chi connectivity index (χ0) is 22.2. The van der Waals surface area contributed by atoms with E-state index in [9.17, 15) is 9.59 Å². The monoisotopic (exact) mass is 417 g/mol. The summed E-state index contributed by atoms with van der Waals surface area (Å²) in [4.78, 5) is 25.1. The van der Waals surface area contributed by atoms with Crippen LogP contribution < -0.4 is 10.1 Å². The molecule has 0 unspecified atom stereocenters. The van der Waals surface area contributed by atoms with E-state index in [-0.39, 0.29) is 5.91 Å². The van der Waals surface area contributed by atoms with Crippen LogP contribution in [0.1, 0.15) is 49.0 Å². The van der Waals surface area contributed by atoms with Gasteiger partial charge in [-0.05, 0) is 67.3 Å². The summed E-state index contributed by atoms with van der Waals surface area (Å²) in [6.07, 6.45) is 0.0271. The number of para-hydroxylation sites is 2. The number of carbonyl (C=O) groups is 2. The second-order valence-electron chi connectivity index (χ2n) is 7.37. The predicted octanol–water partition coefficient (Wildman–Crippen LogP) is 6.18. The van der Waals surface area contributed by atoms with E-state index in [1.54, 1.807) is 31.2 Å². The number of rotatable bonds is 8. The molecule has 0 saturated heterocycles. The molecule has 3 aromatic carbocycles. The van der Waals surface area contributed by atoms with E-state index in [1.807, 2.05) is 54.6 Å². The van der Waals surface area contributed by atoms with Crippen molar-refractivity contribution < 1.29 is 19.1 Å². The third-order valence-corrected chi connectivity index (χ3v) is 5.08. The molecule has 0 aromatic heterocycles. The van der Waals surface area contributed by atoms with E-state index < -0.39 is 12.1 Å². The standard InChI is InChI=1S/C26H27NO4/c1-4-18(2)23-12-8-9-13-24(23)27-25(28)19(3)30-26(29)20-14-16-22(17-15-20)31-21-10-6-5-7-11-21/h5-19H,4H2,1-3H3,(H,27,28)/t18-,19+/m1/s1. The molecule has 0 spiro atoms. The first kappa shape index (κ1) is 22.1. The highest BCUT2D eigenvalue weighted by atomic mass is 16.5. The van der Waals surface area contributed by atoms with Gasteiger partial charge in [-0.15, -0.1) is 0 Å². The second kappa shape index (κ2) is 10.4.